The molecule has 38 heavy (non-hydrogen) atoms. The second kappa shape index (κ2) is 8.29. The molecule has 0 aliphatic carbocycles. The van der Waals surface area contributed by atoms with Gasteiger partial charge in [0.2, 0.25) is 0 Å². The molecule has 0 saturated carbocycles. The summed E-state index contributed by atoms with van der Waals surface area (Å²) in [6.45, 7) is 9.07. The zero-order chi connectivity index (χ0) is 26.0. The van der Waals surface area contributed by atoms with Gasteiger partial charge in [-0.15, -0.1) is 10.2 Å². The lowest BCUT2D eigenvalue weighted by molar-refractivity contribution is 0.411. The number of aryl methyl sites for hydroxylation is 1. The highest BCUT2D eigenvalue weighted by molar-refractivity contribution is 6.09. The highest BCUT2D eigenvalue weighted by Crippen LogP contribution is 2.35. The molecule has 0 bridgehead atoms. The van der Waals surface area contributed by atoms with E-state index < -0.39 is 0 Å². The molecule has 0 saturated heterocycles. The molecule has 0 aliphatic rings. The highest BCUT2D eigenvalue weighted by atomic mass is 15.2. The van der Waals surface area contributed by atoms with Gasteiger partial charge in [-0.3, -0.25) is 4.40 Å². The molecule has 0 N–H and O–H groups in total. The molecule has 0 fully saturated rings. The summed E-state index contributed by atoms with van der Waals surface area (Å²) in [6.07, 6.45) is 3.11. The van der Waals surface area contributed by atoms with Gasteiger partial charge in [-0.25, -0.2) is 0 Å². The first kappa shape index (κ1) is 22.7. The molecule has 4 heteroatoms. The fraction of sp³-hybridized carbons (Fsp3) is 0.176. The minimum Gasteiger partial charge on any atom is -0.309 e. The molecular formula is C34H30N4. The first-order valence-corrected chi connectivity index (χ1v) is 13.2. The van der Waals surface area contributed by atoms with Gasteiger partial charge in [0, 0.05) is 33.6 Å². The van der Waals surface area contributed by atoms with Gasteiger partial charge in [0.15, 0.2) is 11.5 Å². The van der Waals surface area contributed by atoms with Crippen molar-refractivity contribution in [3.63, 3.8) is 0 Å². The Hall–Kier alpha value is -4.44. The molecule has 0 atom stereocenters. The maximum absolute atomic E-state index is 4.56. The topological polar surface area (TPSA) is 35.1 Å². The number of aromatic nitrogens is 4. The number of rotatable bonds is 3. The summed E-state index contributed by atoms with van der Waals surface area (Å²) in [5, 5.41) is 14.0. The van der Waals surface area contributed by atoms with Gasteiger partial charge in [0.1, 0.15) is 0 Å². The summed E-state index contributed by atoms with van der Waals surface area (Å²) < 4.78 is 4.46. The highest BCUT2D eigenvalue weighted by Gasteiger charge is 2.17. The van der Waals surface area contributed by atoms with E-state index in [1.54, 1.807) is 0 Å². The third kappa shape index (κ3) is 3.67. The fourth-order valence-electron chi connectivity index (χ4n) is 5.76. The second-order valence-corrected chi connectivity index (χ2v) is 11.6. The van der Waals surface area contributed by atoms with E-state index in [0.29, 0.717) is 0 Å². The van der Waals surface area contributed by atoms with E-state index in [0.717, 1.165) is 34.5 Å². The number of nitrogens with zero attached hydrogens (tertiary/aromatic N) is 4. The van der Waals surface area contributed by atoms with Crippen LogP contribution in [-0.2, 0) is 6.42 Å². The number of hydrogen-bond donors (Lipinski definition) is 0. The molecule has 7 aromatic rings. The van der Waals surface area contributed by atoms with E-state index >= 15 is 0 Å². The Bertz CT molecular complexity index is 1980. The zero-order valence-corrected chi connectivity index (χ0v) is 22.2. The van der Waals surface area contributed by atoms with E-state index in [-0.39, 0.29) is 5.41 Å². The lowest BCUT2D eigenvalue weighted by Crippen LogP contribution is -2.08. The van der Waals surface area contributed by atoms with Crippen LogP contribution >= 0.6 is 0 Å². The van der Waals surface area contributed by atoms with Gasteiger partial charge >= 0.3 is 0 Å². The molecule has 0 aliphatic heterocycles. The maximum Gasteiger partial charge on any atom is 0.168 e. The number of pyridine rings is 1. The van der Waals surface area contributed by atoms with Gasteiger partial charge in [-0.2, -0.15) is 0 Å². The Morgan fingerprint density at radius 3 is 2.24 bits per heavy atom. The van der Waals surface area contributed by atoms with Crippen molar-refractivity contribution in [2.24, 2.45) is 5.41 Å². The molecule has 3 aromatic heterocycles. The van der Waals surface area contributed by atoms with Crippen molar-refractivity contribution >= 4 is 38.2 Å². The molecule has 0 amide bonds. The Labute approximate surface area is 222 Å². The summed E-state index contributed by atoms with van der Waals surface area (Å²) in [6, 6.07) is 32.9. The van der Waals surface area contributed by atoms with E-state index in [2.05, 4.69) is 138 Å². The van der Waals surface area contributed by atoms with E-state index in [1.165, 1.54) is 38.3 Å². The summed E-state index contributed by atoms with van der Waals surface area (Å²) in [4.78, 5) is 0. The predicted molar refractivity (Wildman–Crippen MR) is 158 cm³/mol. The molecule has 3 heterocycles. The molecule has 0 unspecified atom stereocenters. The number of fused-ring (bicyclic) bond motifs is 6. The van der Waals surface area contributed by atoms with Crippen LogP contribution in [0.15, 0.2) is 97.2 Å². The van der Waals surface area contributed by atoms with Crippen LogP contribution in [0.1, 0.15) is 31.9 Å². The van der Waals surface area contributed by atoms with Crippen LogP contribution in [0.5, 0.6) is 0 Å². The van der Waals surface area contributed by atoms with E-state index in [1.807, 2.05) is 6.07 Å². The van der Waals surface area contributed by atoms with Crippen molar-refractivity contribution in [3.05, 3.63) is 108 Å². The van der Waals surface area contributed by atoms with Crippen LogP contribution in [0.25, 0.3) is 55.3 Å². The van der Waals surface area contributed by atoms with E-state index in [4.69, 9.17) is 0 Å². The van der Waals surface area contributed by atoms with Gasteiger partial charge < -0.3 is 4.57 Å². The standard InChI is InChI=1S/C34H30N4/c1-22-9-15-30-28(19-22)29-20-23(21-34(2,3)4)10-16-31(29)38(30)26-13-11-25(12-14-26)32-35-36-33-27-8-6-5-7-24(27)17-18-37(32)33/h5-20H,21H2,1-4H3. The fourth-order valence-corrected chi connectivity index (χ4v) is 5.76. The Morgan fingerprint density at radius 2 is 1.45 bits per heavy atom. The van der Waals surface area contributed by atoms with E-state index in [9.17, 15) is 0 Å². The molecule has 4 nitrogen and oxygen atoms in total. The molecule has 7 rings (SSSR count). The first-order chi connectivity index (χ1) is 18.4. The SMILES string of the molecule is Cc1ccc2c(c1)c1cc(CC(C)(C)C)ccc1n2-c1ccc(-c2nnc3c4ccccc4ccn23)cc1. The first-order valence-electron chi connectivity index (χ1n) is 13.2. The van der Waals surface area contributed by atoms with Crippen LogP contribution in [0.3, 0.4) is 0 Å². The third-order valence-corrected chi connectivity index (χ3v) is 7.40. The molecule has 0 radical (unpaired) electrons. The second-order valence-electron chi connectivity index (χ2n) is 11.6. The van der Waals surface area contributed by atoms with Gasteiger partial charge in [-0.1, -0.05) is 62.7 Å². The van der Waals surface area contributed by atoms with Crippen molar-refractivity contribution in [1.29, 1.82) is 0 Å². The Kier molecular flexibility index (Phi) is 4.96. The largest absolute Gasteiger partial charge is 0.309 e. The predicted octanol–water partition coefficient (Wildman–Crippen LogP) is 8.54. The smallest absolute Gasteiger partial charge is 0.168 e. The summed E-state index contributed by atoms with van der Waals surface area (Å²) in [5.41, 5.74) is 8.43. The van der Waals surface area contributed by atoms with Gasteiger partial charge in [-0.05, 0) is 84.3 Å². The maximum atomic E-state index is 4.56. The molecule has 0 spiro atoms. The normalized spacial score (nSPS) is 12.3. The molecule has 186 valence electrons. The van der Waals surface area contributed by atoms with Crippen LogP contribution in [0, 0.1) is 12.3 Å². The van der Waals surface area contributed by atoms with Crippen LogP contribution in [0.4, 0.5) is 0 Å². The quantitative estimate of drug-likeness (QED) is 0.247. The molecular weight excluding hydrogens is 464 g/mol. The third-order valence-electron chi connectivity index (χ3n) is 7.40. The van der Waals surface area contributed by atoms with Crippen LogP contribution in [0.2, 0.25) is 0 Å². The van der Waals surface area contributed by atoms with Crippen molar-refractivity contribution in [2.45, 2.75) is 34.1 Å². The summed E-state index contributed by atoms with van der Waals surface area (Å²) >= 11 is 0. The van der Waals surface area contributed by atoms with Crippen LogP contribution < -0.4 is 0 Å². The lowest BCUT2D eigenvalue weighted by atomic mass is 9.88. The Morgan fingerprint density at radius 1 is 0.711 bits per heavy atom. The zero-order valence-electron chi connectivity index (χ0n) is 22.2. The summed E-state index contributed by atoms with van der Waals surface area (Å²) in [7, 11) is 0. The van der Waals surface area contributed by atoms with Crippen LogP contribution in [-0.4, -0.2) is 19.2 Å². The van der Waals surface area contributed by atoms with Gasteiger partial charge in [0.05, 0.1) is 11.0 Å². The summed E-state index contributed by atoms with van der Waals surface area (Å²) in [5.74, 6) is 0.849. The van der Waals surface area contributed by atoms with Crippen molar-refractivity contribution in [2.75, 3.05) is 0 Å². The van der Waals surface area contributed by atoms with Crippen molar-refractivity contribution in [3.8, 4) is 17.1 Å². The van der Waals surface area contributed by atoms with Crippen molar-refractivity contribution in [1.82, 2.24) is 19.2 Å². The monoisotopic (exact) mass is 494 g/mol. The average molecular weight is 495 g/mol. The Balaban J connectivity index is 1.36. The lowest BCUT2D eigenvalue weighted by Gasteiger charge is -2.18. The molecule has 4 aromatic carbocycles. The van der Waals surface area contributed by atoms with Crippen molar-refractivity contribution < 1.29 is 0 Å². The number of hydrogen-bond acceptors (Lipinski definition) is 2. The minimum absolute atomic E-state index is 0.246. The minimum atomic E-state index is 0.246. The average Bonchev–Trinajstić information content (AvgIpc) is 3.47. The number of benzene rings is 4. The van der Waals surface area contributed by atoms with Gasteiger partial charge in [0.25, 0.3) is 0 Å².